The lowest BCUT2D eigenvalue weighted by molar-refractivity contribution is -0.131. The standard InChI is InChI=1S/C19H31NO8/c1-10(2)13(21)7-5-12(6-8-14(22)11(3)4)16(24)18(26)17(25)15(23)9-28-19(20)27/h12,15-18,23-26H,1,3,5-9H2,2,4H3,(H2,20,27)/t15-,16+,17-,18-/m1/s1. The Morgan fingerprint density at radius 1 is 0.857 bits per heavy atom. The molecule has 6 N–H and O–H groups in total. The summed E-state index contributed by atoms with van der Waals surface area (Å²) in [5.74, 6) is -1.18. The van der Waals surface area contributed by atoms with Crippen LogP contribution in [0.4, 0.5) is 4.79 Å². The van der Waals surface area contributed by atoms with Gasteiger partial charge in [-0.25, -0.2) is 4.79 Å². The summed E-state index contributed by atoms with van der Waals surface area (Å²) in [4.78, 5) is 34.2. The molecule has 9 heteroatoms. The Kier molecular flexibility index (Phi) is 11.5. The van der Waals surface area contributed by atoms with E-state index in [1.807, 2.05) is 0 Å². The number of allylic oxidation sites excluding steroid dienone is 2. The molecule has 0 aliphatic carbocycles. The minimum Gasteiger partial charge on any atom is -0.447 e. The summed E-state index contributed by atoms with van der Waals surface area (Å²) in [6.07, 6.45) is -7.72. The van der Waals surface area contributed by atoms with Gasteiger partial charge in [0, 0.05) is 12.8 Å². The zero-order chi connectivity index (χ0) is 22.0. The quantitative estimate of drug-likeness (QED) is 0.253. The first-order chi connectivity index (χ1) is 12.9. The molecule has 0 unspecified atom stereocenters. The van der Waals surface area contributed by atoms with Crippen LogP contribution in [0.1, 0.15) is 39.5 Å². The number of aliphatic hydroxyl groups excluding tert-OH is 4. The van der Waals surface area contributed by atoms with E-state index in [-0.39, 0.29) is 37.2 Å². The zero-order valence-corrected chi connectivity index (χ0v) is 16.3. The van der Waals surface area contributed by atoms with Crippen molar-refractivity contribution in [2.24, 2.45) is 11.7 Å². The van der Waals surface area contributed by atoms with Gasteiger partial charge in [-0.2, -0.15) is 0 Å². The monoisotopic (exact) mass is 401 g/mol. The fourth-order valence-corrected chi connectivity index (χ4v) is 2.52. The number of hydrogen-bond acceptors (Lipinski definition) is 8. The molecule has 0 saturated heterocycles. The molecule has 0 radical (unpaired) electrons. The van der Waals surface area contributed by atoms with E-state index in [2.05, 4.69) is 17.9 Å². The Morgan fingerprint density at radius 3 is 1.64 bits per heavy atom. The molecule has 0 spiro atoms. The Balaban J connectivity index is 5.11. The smallest absolute Gasteiger partial charge is 0.404 e. The number of carbonyl (C=O) groups is 3. The van der Waals surface area contributed by atoms with Crippen molar-refractivity contribution in [2.45, 2.75) is 63.9 Å². The van der Waals surface area contributed by atoms with Gasteiger partial charge in [-0.3, -0.25) is 9.59 Å². The van der Waals surface area contributed by atoms with Crippen LogP contribution in [0.25, 0.3) is 0 Å². The fraction of sp³-hybridized carbons (Fsp3) is 0.632. The number of carbonyl (C=O) groups excluding carboxylic acids is 3. The third kappa shape index (κ3) is 9.23. The first-order valence-electron chi connectivity index (χ1n) is 8.90. The number of primary amides is 1. The van der Waals surface area contributed by atoms with Gasteiger partial charge in [0.15, 0.2) is 11.6 Å². The highest BCUT2D eigenvalue weighted by Crippen LogP contribution is 2.24. The topological polar surface area (TPSA) is 167 Å². The molecule has 0 aromatic heterocycles. The van der Waals surface area contributed by atoms with Gasteiger partial charge in [0.25, 0.3) is 0 Å². The lowest BCUT2D eigenvalue weighted by Gasteiger charge is -2.31. The molecule has 0 aromatic carbocycles. The van der Waals surface area contributed by atoms with E-state index in [0.29, 0.717) is 11.1 Å². The highest BCUT2D eigenvalue weighted by Gasteiger charge is 2.35. The van der Waals surface area contributed by atoms with Gasteiger partial charge in [-0.05, 0) is 43.8 Å². The van der Waals surface area contributed by atoms with Crippen molar-refractivity contribution in [3.05, 3.63) is 24.3 Å². The van der Waals surface area contributed by atoms with Gasteiger partial charge in [0.05, 0.1) is 6.10 Å². The highest BCUT2D eigenvalue weighted by atomic mass is 16.6. The number of hydrogen-bond donors (Lipinski definition) is 5. The summed E-state index contributed by atoms with van der Waals surface area (Å²) < 4.78 is 4.35. The second-order valence-electron chi connectivity index (χ2n) is 6.91. The summed E-state index contributed by atoms with van der Waals surface area (Å²) in [5.41, 5.74) is 5.44. The Morgan fingerprint density at radius 2 is 1.29 bits per heavy atom. The molecule has 0 saturated carbocycles. The van der Waals surface area contributed by atoms with Crippen molar-refractivity contribution >= 4 is 17.7 Å². The van der Waals surface area contributed by atoms with Gasteiger partial charge in [0.1, 0.15) is 24.9 Å². The van der Waals surface area contributed by atoms with Gasteiger partial charge in [-0.15, -0.1) is 0 Å². The molecule has 0 fully saturated rings. The number of amides is 1. The molecular formula is C19H31NO8. The minimum atomic E-state index is -1.84. The second kappa shape index (κ2) is 12.4. The van der Waals surface area contributed by atoms with Crippen molar-refractivity contribution in [3.8, 4) is 0 Å². The molecule has 0 heterocycles. The molecule has 0 aromatic rings. The third-order valence-corrected chi connectivity index (χ3v) is 4.41. The van der Waals surface area contributed by atoms with Crippen molar-refractivity contribution < 1.29 is 39.5 Å². The molecule has 4 atom stereocenters. The van der Waals surface area contributed by atoms with Crippen LogP contribution in [0.2, 0.25) is 0 Å². The van der Waals surface area contributed by atoms with Crippen LogP contribution in [0.3, 0.4) is 0 Å². The Hall–Kier alpha value is -2.07. The lowest BCUT2D eigenvalue weighted by Crippen LogP contribution is -2.49. The van der Waals surface area contributed by atoms with E-state index >= 15 is 0 Å². The van der Waals surface area contributed by atoms with E-state index < -0.39 is 43.0 Å². The number of aliphatic hydroxyl groups is 4. The number of nitrogens with two attached hydrogens (primary N) is 1. The fourth-order valence-electron chi connectivity index (χ4n) is 2.52. The van der Waals surface area contributed by atoms with E-state index in [9.17, 15) is 34.8 Å². The van der Waals surface area contributed by atoms with Gasteiger partial charge in [0.2, 0.25) is 0 Å². The van der Waals surface area contributed by atoms with Gasteiger partial charge in [-0.1, -0.05) is 13.2 Å². The highest BCUT2D eigenvalue weighted by molar-refractivity contribution is 5.94. The average Bonchev–Trinajstić information content (AvgIpc) is 2.63. The van der Waals surface area contributed by atoms with Crippen LogP contribution >= 0.6 is 0 Å². The average molecular weight is 401 g/mol. The minimum absolute atomic E-state index is 0.0362. The van der Waals surface area contributed by atoms with Crippen LogP contribution in [0, 0.1) is 5.92 Å². The number of ether oxygens (including phenoxy) is 1. The first-order valence-corrected chi connectivity index (χ1v) is 8.90. The van der Waals surface area contributed by atoms with Crippen molar-refractivity contribution in [3.63, 3.8) is 0 Å². The van der Waals surface area contributed by atoms with Crippen LogP contribution in [-0.4, -0.2) is 69.1 Å². The molecule has 0 aliphatic rings. The predicted octanol–water partition coefficient (Wildman–Crippen LogP) is -0.00770. The van der Waals surface area contributed by atoms with Crippen molar-refractivity contribution in [2.75, 3.05) is 6.61 Å². The van der Waals surface area contributed by atoms with Crippen LogP contribution < -0.4 is 5.73 Å². The molecule has 0 aliphatic heterocycles. The molecule has 160 valence electrons. The Labute approximate surface area is 164 Å². The van der Waals surface area contributed by atoms with E-state index in [0.717, 1.165) is 0 Å². The maximum Gasteiger partial charge on any atom is 0.404 e. The maximum atomic E-state index is 11.8. The van der Waals surface area contributed by atoms with Crippen LogP contribution in [0.5, 0.6) is 0 Å². The first kappa shape index (κ1) is 25.9. The van der Waals surface area contributed by atoms with E-state index in [1.165, 1.54) is 0 Å². The van der Waals surface area contributed by atoms with Crippen molar-refractivity contribution in [1.29, 1.82) is 0 Å². The van der Waals surface area contributed by atoms with Crippen LogP contribution in [-0.2, 0) is 14.3 Å². The maximum absolute atomic E-state index is 11.8. The SMILES string of the molecule is C=C(C)C(=O)CCC(CCC(=O)C(=C)C)[C@H](O)[C@@H](O)[C@H](O)[C@H](O)COC(N)=O. The summed E-state index contributed by atoms with van der Waals surface area (Å²) in [7, 11) is 0. The van der Waals surface area contributed by atoms with Crippen molar-refractivity contribution in [1.82, 2.24) is 0 Å². The third-order valence-electron chi connectivity index (χ3n) is 4.41. The lowest BCUT2D eigenvalue weighted by atomic mass is 9.84. The molecule has 1 amide bonds. The van der Waals surface area contributed by atoms with E-state index in [4.69, 9.17) is 5.73 Å². The zero-order valence-electron chi connectivity index (χ0n) is 16.3. The number of ketones is 2. The number of rotatable bonds is 14. The predicted molar refractivity (Wildman–Crippen MR) is 101 cm³/mol. The van der Waals surface area contributed by atoms with E-state index in [1.54, 1.807) is 13.8 Å². The summed E-state index contributed by atoms with van der Waals surface area (Å²) in [6, 6.07) is 0. The molecule has 0 bridgehead atoms. The van der Waals surface area contributed by atoms with Gasteiger partial charge >= 0.3 is 6.09 Å². The molecular weight excluding hydrogens is 370 g/mol. The van der Waals surface area contributed by atoms with Crippen LogP contribution in [0.15, 0.2) is 24.3 Å². The number of Topliss-reactive ketones (excluding diaryl/α,β-unsaturated/α-hetero) is 2. The molecule has 0 rings (SSSR count). The summed E-state index contributed by atoms with van der Waals surface area (Å²) in [5, 5.41) is 40.4. The molecule has 9 nitrogen and oxygen atoms in total. The largest absolute Gasteiger partial charge is 0.447 e. The molecule has 28 heavy (non-hydrogen) atoms. The summed E-state index contributed by atoms with van der Waals surface area (Å²) >= 11 is 0. The Bertz CT molecular complexity index is 558. The second-order valence-corrected chi connectivity index (χ2v) is 6.91. The normalized spacial score (nSPS) is 15.4. The summed E-state index contributed by atoms with van der Waals surface area (Å²) in [6.45, 7) is 9.51. The van der Waals surface area contributed by atoms with Gasteiger partial charge < -0.3 is 30.9 Å².